The Morgan fingerprint density at radius 3 is 2.24 bits per heavy atom. The zero-order chi connectivity index (χ0) is 16.4. The molecule has 0 saturated carbocycles. The topological polar surface area (TPSA) is 92.4 Å². The molecule has 1 aromatic rings. The van der Waals surface area contributed by atoms with E-state index in [-0.39, 0.29) is 12.1 Å². The van der Waals surface area contributed by atoms with Crippen molar-refractivity contribution in [1.82, 2.24) is 5.32 Å². The molecule has 0 aliphatic heterocycles. The summed E-state index contributed by atoms with van der Waals surface area (Å²) in [7, 11) is 0. The van der Waals surface area contributed by atoms with E-state index in [0.29, 0.717) is 12.1 Å². The number of aliphatic hydroxyl groups is 1. The standard InChI is InChI=1S/C13H15F3N2O3/c1-12(2,21)6-18-11(20)9-5-7(13(14,15)16)3-4-8(9)10(17)19/h3-5,21H,6H2,1-2H3,(H2,17,19)(H,18,20). The number of nitrogens with one attached hydrogen (secondary N) is 1. The molecule has 0 aliphatic carbocycles. The monoisotopic (exact) mass is 304 g/mol. The first-order valence-corrected chi connectivity index (χ1v) is 5.93. The molecule has 5 nitrogen and oxygen atoms in total. The lowest BCUT2D eigenvalue weighted by Crippen LogP contribution is -2.39. The smallest absolute Gasteiger partial charge is 0.389 e. The fourth-order valence-electron chi connectivity index (χ4n) is 1.52. The SMILES string of the molecule is CC(C)(O)CNC(=O)c1cc(C(F)(F)F)ccc1C(N)=O. The minimum atomic E-state index is -4.65. The molecule has 4 N–H and O–H groups in total. The fourth-order valence-corrected chi connectivity index (χ4v) is 1.52. The zero-order valence-electron chi connectivity index (χ0n) is 11.4. The van der Waals surface area contributed by atoms with E-state index >= 15 is 0 Å². The highest BCUT2D eigenvalue weighted by Gasteiger charge is 2.32. The Kier molecular flexibility index (Phi) is 4.62. The third-order valence-corrected chi connectivity index (χ3v) is 2.54. The Hall–Kier alpha value is -2.09. The van der Waals surface area contributed by atoms with Crippen LogP contribution in [0.15, 0.2) is 18.2 Å². The molecule has 21 heavy (non-hydrogen) atoms. The van der Waals surface area contributed by atoms with Crippen LogP contribution in [0, 0.1) is 0 Å². The van der Waals surface area contributed by atoms with Gasteiger partial charge in [0.25, 0.3) is 5.91 Å². The largest absolute Gasteiger partial charge is 0.416 e. The maximum absolute atomic E-state index is 12.7. The second-order valence-electron chi connectivity index (χ2n) is 5.12. The predicted molar refractivity (Wildman–Crippen MR) is 68.6 cm³/mol. The zero-order valence-corrected chi connectivity index (χ0v) is 11.4. The van der Waals surface area contributed by atoms with Gasteiger partial charge in [0.05, 0.1) is 22.3 Å². The van der Waals surface area contributed by atoms with E-state index in [0.717, 1.165) is 6.07 Å². The second kappa shape index (κ2) is 5.72. The number of nitrogens with two attached hydrogens (primary N) is 1. The molecule has 0 aromatic heterocycles. The Morgan fingerprint density at radius 2 is 1.81 bits per heavy atom. The number of halogens is 3. The van der Waals surface area contributed by atoms with E-state index in [2.05, 4.69) is 5.32 Å². The van der Waals surface area contributed by atoms with E-state index in [1.54, 1.807) is 0 Å². The first-order valence-electron chi connectivity index (χ1n) is 5.93. The van der Waals surface area contributed by atoms with Gasteiger partial charge >= 0.3 is 6.18 Å². The highest BCUT2D eigenvalue weighted by Crippen LogP contribution is 2.30. The first kappa shape index (κ1) is 17.0. The molecule has 1 aromatic carbocycles. The summed E-state index contributed by atoms with van der Waals surface area (Å²) in [6, 6.07) is 2.08. The Bertz CT molecular complexity index is 563. The fraction of sp³-hybridized carbons (Fsp3) is 0.385. The van der Waals surface area contributed by atoms with Crippen molar-refractivity contribution < 1.29 is 27.9 Å². The third kappa shape index (κ3) is 4.75. The summed E-state index contributed by atoms with van der Waals surface area (Å²) in [4.78, 5) is 23.1. The lowest BCUT2D eigenvalue weighted by atomic mass is 10.0. The third-order valence-electron chi connectivity index (χ3n) is 2.54. The summed E-state index contributed by atoms with van der Waals surface area (Å²) in [5, 5.41) is 11.7. The van der Waals surface area contributed by atoms with E-state index in [1.165, 1.54) is 13.8 Å². The molecule has 0 heterocycles. The molecule has 0 saturated heterocycles. The Labute approximate surface area is 118 Å². The number of rotatable bonds is 4. The lowest BCUT2D eigenvalue weighted by molar-refractivity contribution is -0.137. The summed E-state index contributed by atoms with van der Waals surface area (Å²) in [5.74, 6) is -1.94. The van der Waals surface area contributed by atoms with Gasteiger partial charge < -0.3 is 16.2 Å². The average Bonchev–Trinajstić information content (AvgIpc) is 2.33. The summed E-state index contributed by atoms with van der Waals surface area (Å²) >= 11 is 0. The number of carbonyl (C=O) groups excluding carboxylic acids is 2. The molecule has 1 rings (SSSR count). The summed E-state index contributed by atoms with van der Waals surface area (Å²) in [5.41, 5.74) is 1.92. The number of hydrogen-bond donors (Lipinski definition) is 3. The number of hydrogen-bond acceptors (Lipinski definition) is 3. The molecule has 0 unspecified atom stereocenters. The maximum atomic E-state index is 12.7. The number of carbonyl (C=O) groups is 2. The molecular formula is C13H15F3N2O3. The van der Waals surface area contributed by atoms with Crippen molar-refractivity contribution in [2.45, 2.75) is 25.6 Å². The van der Waals surface area contributed by atoms with Crippen LogP contribution in [-0.2, 0) is 6.18 Å². The van der Waals surface area contributed by atoms with Gasteiger partial charge in [-0.1, -0.05) is 0 Å². The van der Waals surface area contributed by atoms with Crippen molar-refractivity contribution in [2.75, 3.05) is 6.54 Å². The second-order valence-corrected chi connectivity index (χ2v) is 5.12. The van der Waals surface area contributed by atoms with Crippen LogP contribution < -0.4 is 11.1 Å². The predicted octanol–water partition coefficient (Wildman–Crippen LogP) is 1.31. The van der Waals surface area contributed by atoms with E-state index in [4.69, 9.17) is 5.73 Å². The van der Waals surface area contributed by atoms with Crippen molar-refractivity contribution in [3.8, 4) is 0 Å². The van der Waals surface area contributed by atoms with Gasteiger partial charge in [-0.05, 0) is 32.0 Å². The van der Waals surface area contributed by atoms with E-state index < -0.39 is 34.7 Å². The van der Waals surface area contributed by atoms with Crippen LogP contribution in [0.3, 0.4) is 0 Å². The van der Waals surface area contributed by atoms with Crippen LogP contribution >= 0.6 is 0 Å². The molecule has 0 spiro atoms. The summed E-state index contributed by atoms with van der Waals surface area (Å²) < 4.78 is 38.0. The quantitative estimate of drug-likeness (QED) is 0.783. The maximum Gasteiger partial charge on any atom is 0.416 e. The summed E-state index contributed by atoms with van der Waals surface area (Å²) in [6.07, 6.45) is -4.65. The van der Waals surface area contributed by atoms with Crippen LogP contribution in [-0.4, -0.2) is 29.1 Å². The molecule has 0 aliphatic rings. The van der Waals surface area contributed by atoms with Gasteiger partial charge in [-0.25, -0.2) is 0 Å². The van der Waals surface area contributed by atoms with Crippen molar-refractivity contribution in [3.05, 3.63) is 34.9 Å². The average molecular weight is 304 g/mol. The minimum absolute atomic E-state index is 0.194. The summed E-state index contributed by atoms with van der Waals surface area (Å²) in [6.45, 7) is 2.63. The van der Waals surface area contributed by atoms with Crippen LogP contribution in [0.5, 0.6) is 0 Å². The molecule has 0 bridgehead atoms. The van der Waals surface area contributed by atoms with Gasteiger partial charge in [0.2, 0.25) is 5.91 Å². The molecule has 0 atom stereocenters. The lowest BCUT2D eigenvalue weighted by Gasteiger charge is -2.18. The van der Waals surface area contributed by atoms with Gasteiger partial charge in [-0.3, -0.25) is 9.59 Å². The van der Waals surface area contributed by atoms with Crippen LogP contribution in [0.4, 0.5) is 13.2 Å². The molecule has 2 amide bonds. The normalized spacial score (nSPS) is 12.1. The molecule has 8 heteroatoms. The minimum Gasteiger partial charge on any atom is -0.389 e. The van der Waals surface area contributed by atoms with Crippen LogP contribution in [0.25, 0.3) is 0 Å². The highest BCUT2D eigenvalue weighted by atomic mass is 19.4. The van der Waals surface area contributed by atoms with Gasteiger partial charge in [0.1, 0.15) is 0 Å². The molecule has 116 valence electrons. The molecular weight excluding hydrogens is 289 g/mol. The molecule has 0 radical (unpaired) electrons. The number of amides is 2. The number of benzene rings is 1. The van der Waals surface area contributed by atoms with E-state index in [9.17, 15) is 27.9 Å². The Morgan fingerprint density at radius 1 is 1.24 bits per heavy atom. The first-order chi connectivity index (χ1) is 9.42. The van der Waals surface area contributed by atoms with Crippen molar-refractivity contribution in [2.24, 2.45) is 5.73 Å². The van der Waals surface area contributed by atoms with E-state index in [1.807, 2.05) is 0 Å². The van der Waals surface area contributed by atoms with Gasteiger partial charge in [0, 0.05) is 6.54 Å². The van der Waals surface area contributed by atoms with Crippen LogP contribution in [0.2, 0.25) is 0 Å². The van der Waals surface area contributed by atoms with Crippen molar-refractivity contribution in [1.29, 1.82) is 0 Å². The Balaban J connectivity index is 3.18. The van der Waals surface area contributed by atoms with Crippen molar-refractivity contribution >= 4 is 11.8 Å². The van der Waals surface area contributed by atoms with Crippen LogP contribution in [0.1, 0.15) is 40.1 Å². The van der Waals surface area contributed by atoms with Gasteiger partial charge in [-0.2, -0.15) is 13.2 Å². The molecule has 0 fully saturated rings. The van der Waals surface area contributed by atoms with Crippen molar-refractivity contribution in [3.63, 3.8) is 0 Å². The van der Waals surface area contributed by atoms with Gasteiger partial charge in [0.15, 0.2) is 0 Å². The number of alkyl halides is 3. The number of primary amides is 1. The van der Waals surface area contributed by atoms with Gasteiger partial charge in [-0.15, -0.1) is 0 Å². The highest BCUT2D eigenvalue weighted by molar-refractivity contribution is 6.06.